The van der Waals surface area contributed by atoms with Crippen molar-refractivity contribution in [3.05, 3.63) is 12.2 Å². The average molecular weight is 591 g/mol. The molecule has 2 heterocycles. The van der Waals surface area contributed by atoms with Crippen molar-refractivity contribution in [3.63, 3.8) is 0 Å². The molecule has 1 aliphatic carbocycles. The summed E-state index contributed by atoms with van der Waals surface area (Å²) in [5, 5.41) is 15.1. The molecule has 2 saturated heterocycles. The molecule has 42 heavy (non-hydrogen) atoms. The number of carboxylic acids is 1. The summed E-state index contributed by atoms with van der Waals surface area (Å²) >= 11 is 0. The maximum absolute atomic E-state index is 13.2. The fourth-order valence-electron chi connectivity index (χ4n) is 5.72. The molecule has 4 atom stereocenters. The lowest BCUT2D eigenvalue weighted by molar-refractivity contribution is -0.145. The quantitative estimate of drug-likeness (QED) is 0.207. The highest BCUT2D eigenvalue weighted by Gasteiger charge is 2.61. The summed E-state index contributed by atoms with van der Waals surface area (Å²) in [7, 11) is 0. The Labute approximate surface area is 249 Å². The minimum absolute atomic E-state index is 0.0497. The molecule has 0 aromatic carbocycles. The van der Waals surface area contributed by atoms with Crippen molar-refractivity contribution in [1.82, 2.24) is 20.4 Å². The summed E-state index contributed by atoms with van der Waals surface area (Å²) in [6.45, 7) is 8.84. The van der Waals surface area contributed by atoms with Gasteiger partial charge in [-0.3, -0.25) is 14.4 Å². The molecule has 3 rings (SSSR count). The van der Waals surface area contributed by atoms with E-state index in [0.29, 0.717) is 45.3 Å². The van der Waals surface area contributed by atoms with Crippen LogP contribution < -0.4 is 10.6 Å². The topological polar surface area (TPSA) is 145 Å². The van der Waals surface area contributed by atoms with Gasteiger partial charge in [0.2, 0.25) is 17.7 Å². The van der Waals surface area contributed by atoms with Crippen LogP contribution in [0.25, 0.3) is 0 Å². The van der Waals surface area contributed by atoms with E-state index in [-0.39, 0.29) is 18.4 Å². The van der Waals surface area contributed by atoms with Crippen molar-refractivity contribution < 1.29 is 33.8 Å². The second-order valence-electron chi connectivity index (χ2n) is 13.0. The molecule has 0 spiro atoms. The number of nitrogens with one attached hydrogen (secondary N) is 2. The Morgan fingerprint density at radius 2 is 1.88 bits per heavy atom. The number of amides is 4. The molecular weight excluding hydrogens is 540 g/mol. The molecule has 2 aliphatic heterocycles. The van der Waals surface area contributed by atoms with E-state index in [1.165, 1.54) is 11.3 Å². The largest absolute Gasteiger partial charge is 0.479 e. The van der Waals surface area contributed by atoms with Crippen LogP contribution in [0.5, 0.6) is 0 Å². The van der Waals surface area contributed by atoms with Crippen LogP contribution in [0.4, 0.5) is 4.79 Å². The lowest BCUT2D eigenvalue weighted by atomic mass is 9.88. The third-order valence-electron chi connectivity index (χ3n) is 8.62. The van der Waals surface area contributed by atoms with Crippen molar-refractivity contribution in [2.75, 3.05) is 26.2 Å². The molecular formula is C31H50N4O7. The number of carbonyl (C=O) groups excluding carboxylic acids is 4. The fourth-order valence-corrected chi connectivity index (χ4v) is 5.72. The number of unbranched alkanes of at least 4 members (excludes halogenated alkanes) is 4. The van der Waals surface area contributed by atoms with Crippen LogP contribution in [-0.2, 0) is 23.9 Å². The summed E-state index contributed by atoms with van der Waals surface area (Å²) < 4.78 is 5.66. The molecule has 1 saturated carbocycles. The Morgan fingerprint density at radius 1 is 1.12 bits per heavy atom. The van der Waals surface area contributed by atoms with Gasteiger partial charge in [-0.05, 0) is 44.9 Å². The SMILES string of the molecule is CCCCCC/C=C\C1C[C@]1(NC(=O)[C@@H]1CCCN1C(=O)CNC(=O)O[C@H](CN1CCCCC1=O)C(C)(C)C)C(=O)O. The van der Waals surface area contributed by atoms with Crippen molar-refractivity contribution >= 4 is 29.8 Å². The van der Waals surface area contributed by atoms with Gasteiger partial charge in [0.1, 0.15) is 24.2 Å². The number of ether oxygens (including phenoxy) is 1. The smallest absolute Gasteiger partial charge is 0.407 e. The van der Waals surface area contributed by atoms with Crippen LogP contribution in [0.3, 0.4) is 0 Å². The second kappa shape index (κ2) is 14.9. The van der Waals surface area contributed by atoms with Gasteiger partial charge in [0.15, 0.2) is 0 Å². The Kier molecular flexibility index (Phi) is 11.8. The Balaban J connectivity index is 1.50. The van der Waals surface area contributed by atoms with Crippen LogP contribution in [0.1, 0.15) is 98.3 Å². The Bertz CT molecular complexity index is 1020. The third-order valence-corrected chi connectivity index (χ3v) is 8.62. The van der Waals surface area contributed by atoms with Crippen LogP contribution in [0.15, 0.2) is 12.2 Å². The van der Waals surface area contributed by atoms with E-state index >= 15 is 0 Å². The molecule has 0 bridgehead atoms. The van der Waals surface area contributed by atoms with Gasteiger partial charge >= 0.3 is 12.1 Å². The van der Waals surface area contributed by atoms with Gasteiger partial charge in [-0.15, -0.1) is 0 Å². The van der Waals surface area contributed by atoms with Crippen molar-refractivity contribution in [1.29, 1.82) is 0 Å². The summed E-state index contributed by atoms with van der Waals surface area (Å²) in [5.41, 5.74) is -1.77. The maximum Gasteiger partial charge on any atom is 0.407 e. The predicted octanol–water partition coefficient (Wildman–Crippen LogP) is 3.62. The average Bonchev–Trinajstić information content (AvgIpc) is 3.39. The lowest BCUT2D eigenvalue weighted by Gasteiger charge is -2.36. The number of likely N-dealkylation sites (tertiary alicyclic amines) is 2. The Hall–Kier alpha value is -3.11. The molecule has 4 amide bonds. The highest BCUT2D eigenvalue weighted by molar-refractivity contribution is 5.95. The number of rotatable bonds is 14. The molecule has 3 N–H and O–H groups in total. The zero-order chi connectivity index (χ0) is 30.9. The number of aliphatic carboxylic acids is 1. The van der Waals surface area contributed by atoms with E-state index < -0.39 is 47.0 Å². The number of carbonyl (C=O) groups is 5. The number of carboxylic acid groups (broad SMARTS) is 1. The van der Waals surface area contributed by atoms with Crippen LogP contribution in [-0.4, -0.2) is 88.6 Å². The zero-order valence-electron chi connectivity index (χ0n) is 25.8. The summed E-state index contributed by atoms with van der Waals surface area (Å²) in [5.74, 6) is -2.22. The number of alkyl carbamates (subject to hydrolysis) is 1. The first-order chi connectivity index (χ1) is 19.9. The third kappa shape index (κ3) is 8.94. The normalized spacial score (nSPS) is 24.9. The van der Waals surface area contributed by atoms with E-state index in [1.807, 2.05) is 32.9 Å². The van der Waals surface area contributed by atoms with E-state index in [0.717, 1.165) is 38.5 Å². The summed E-state index contributed by atoms with van der Waals surface area (Å²) in [6, 6.07) is -0.793. The predicted molar refractivity (Wildman–Crippen MR) is 157 cm³/mol. The fraction of sp³-hybridized carbons (Fsp3) is 0.774. The standard InChI is InChI=1S/C31H50N4O7/c1-5-6-7-8-9-10-14-22-19-31(22,28(39)40)33-27(38)23-15-13-18-35(23)26(37)20-32-29(41)42-24(30(2,3)4)21-34-17-12-11-16-25(34)36/h10,14,22-24H,5-9,11-13,15-21H2,1-4H3,(H,32,41)(H,33,38)(H,39,40)/b14-10-/t22?,23-,24+,31+/m0/s1. The van der Waals surface area contributed by atoms with Crippen molar-refractivity contribution in [2.24, 2.45) is 11.3 Å². The van der Waals surface area contributed by atoms with Gasteiger partial charge in [-0.2, -0.15) is 0 Å². The first kappa shape index (κ1) is 33.4. The molecule has 3 fully saturated rings. The monoisotopic (exact) mass is 590 g/mol. The number of piperidine rings is 1. The van der Waals surface area contributed by atoms with Crippen molar-refractivity contribution in [2.45, 2.75) is 116 Å². The molecule has 236 valence electrons. The lowest BCUT2D eigenvalue weighted by Crippen LogP contribution is -2.54. The van der Waals surface area contributed by atoms with Gasteiger partial charge in [0, 0.05) is 30.8 Å². The molecule has 3 aliphatic rings. The highest BCUT2D eigenvalue weighted by atomic mass is 16.6. The first-order valence-electron chi connectivity index (χ1n) is 15.6. The van der Waals surface area contributed by atoms with E-state index in [1.54, 1.807) is 4.90 Å². The van der Waals surface area contributed by atoms with Gasteiger partial charge in [-0.25, -0.2) is 9.59 Å². The minimum atomic E-state index is -1.34. The second-order valence-corrected chi connectivity index (χ2v) is 13.0. The maximum atomic E-state index is 13.2. The van der Waals surface area contributed by atoms with Crippen LogP contribution in [0, 0.1) is 11.3 Å². The highest BCUT2D eigenvalue weighted by Crippen LogP contribution is 2.45. The van der Waals surface area contributed by atoms with Gasteiger partial charge in [-0.1, -0.05) is 59.1 Å². The molecule has 0 aromatic rings. The van der Waals surface area contributed by atoms with Gasteiger partial charge < -0.3 is 30.3 Å². The first-order valence-corrected chi connectivity index (χ1v) is 15.6. The van der Waals surface area contributed by atoms with E-state index in [9.17, 15) is 29.1 Å². The van der Waals surface area contributed by atoms with E-state index in [4.69, 9.17) is 4.74 Å². The molecule has 11 nitrogen and oxygen atoms in total. The summed E-state index contributed by atoms with van der Waals surface area (Å²) in [4.78, 5) is 66.4. The van der Waals surface area contributed by atoms with Gasteiger partial charge in [0.25, 0.3) is 0 Å². The number of nitrogens with zero attached hydrogens (tertiary/aromatic N) is 2. The van der Waals surface area contributed by atoms with Crippen molar-refractivity contribution in [3.8, 4) is 0 Å². The zero-order valence-corrected chi connectivity index (χ0v) is 25.8. The summed E-state index contributed by atoms with van der Waals surface area (Å²) in [6.07, 6.45) is 11.6. The minimum Gasteiger partial charge on any atom is -0.479 e. The molecule has 0 radical (unpaired) electrons. The molecule has 11 heteroatoms. The molecule has 1 unspecified atom stereocenters. The van der Waals surface area contributed by atoms with Gasteiger partial charge in [0.05, 0.1) is 6.54 Å². The van der Waals surface area contributed by atoms with Crippen LogP contribution >= 0.6 is 0 Å². The number of hydrogen-bond donors (Lipinski definition) is 3. The Morgan fingerprint density at radius 3 is 2.55 bits per heavy atom. The van der Waals surface area contributed by atoms with Crippen LogP contribution in [0.2, 0.25) is 0 Å². The number of hydrogen-bond acceptors (Lipinski definition) is 6. The molecule has 0 aromatic heterocycles. The van der Waals surface area contributed by atoms with E-state index in [2.05, 4.69) is 17.6 Å². The number of allylic oxidation sites excluding steroid dienone is 1.